The minimum Gasteiger partial charge on any atom is -0.381 e. The number of carbonyl (C=O) groups excluding carboxylic acids is 1. The number of amides is 1. The van der Waals surface area contributed by atoms with Crippen molar-refractivity contribution in [3.63, 3.8) is 0 Å². The first-order valence-corrected chi connectivity index (χ1v) is 9.83. The van der Waals surface area contributed by atoms with Crippen LogP contribution < -0.4 is 5.73 Å². The van der Waals surface area contributed by atoms with Gasteiger partial charge in [-0.05, 0) is 37.5 Å². The molecule has 1 fully saturated rings. The topological polar surface area (TPSA) is 68.5 Å². The summed E-state index contributed by atoms with van der Waals surface area (Å²) in [5.41, 5.74) is 10.7. The van der Waals surface area contributed by atoms with Crippen LogP contribution in [0.15, 0.2) is 18.2 Å². The van der Waals surface area contributed by atoms with Gasteiger partial charge in [0, 0.05) is 52.7 Å². The maximum absolute atomic E-state index is 13.4. The minimum atomic E-state index is 0. The lowest BCUT2D eigenvalue weighted by molar-refractivity contribution is 0.0302. The molecule has 4 rings (SSSR count). The maximum Gasteiger partial charge on any atom is 0.257 e. The number of aryl methyl sites for hydroxylation is 1. The van der Waals surface area contributed by atoms with Crippen molar-refractivity contribution in [1.29, 1.82) is 0 Å². The summed E-state index contributed by atoms with van der Waals surface area (Å²) in [6.45, 7) is 4.09. The van der Waals surface area contributed by atoms with E-state index >= 15 is 0 Å². The molecule has 1 aromatic heterocycles. The first-order valence-electron chi connectivity index (χ1n) is 9.07. The quantitative estimate of drug-likeness (QED) is 0.766. The monoisotopic (exact) mass is 441 g/mol. The van der Waals surface area contributed by atoms with Crippen LogP contribution in [0, 0.1) is 6.92 Å². The Bertz CT molecular complexity index is 914. The number of fused-ring (bicyclic) bond motifs is 1. The number of pyridine rings is 1. The maximum atomic E-state index is 13.4. The number of hydrogen-bond acceptors (Lipinski definition) is 4. The zero-order valence-electron chi connectivity index (χ0n) is 15.5. The van der Waals surface area contributed by atoms with E-state index in [9.17, 15) is 4.79 Å². The van der Waals surface area contributed by atoms with E-state index in [4.69, 9.17) is 38.7 Å². The molecule has 0 radical (unpaired) electrons. The molecule has 1 saturated heterocycles. The SMILES string of the molecule is Cc1nc2c(c(-c3ccc(Cl)cc3Cl)c1CN)C(=O)N(C1CCOCC1)C2.Cl. The van der Waals surface area contributed by atoms with Crippen LogP contribution in [0.5, 0.6) is 0 Å². The largest absolute Gasteiger partial charge is 0.381 e. The normalized spacial score (nSPS) is 16.9. The second-order valence-corrected chi connectivity index (χ2v) is 7.82. The number of hydrogen-bond donors (Lipinski definition) is 1. The molecular weight excluding hydrogens is 421 g/mol. The fraction of sp³-hybridized carbons (Fsp3) is 0.400. The Labute approximate surface area is 180 Å². The van der Waals surface area contributed by atoms with E-state index < -0.39 is 0 Å². The van der Waals surface area contributed by atoms with Crippen LogP contribution in [0.25, 0.3) is 11.1 Å². The van der Waals surface area contributed by atoms with Crippen molar-refractivity contribution in [2.24, 2.45) is 5.73 Å². The van der Waals surface area contributed by atoms with E-state index in [1.54, 1.807) is 12.1 Å². The van der Waals surface area contributed by atoms with Gasteiger partial charge >= 0.3 is 0 Å². The molecule has 8 heteroatoms. The van der Waals surface area contributed by atoms with Gasteiger partial charge < -0.3 is 15.4 Å². The van der Waals surface area contributed by atoms with Gasteiger partial charge in [0.2, 0.25) is 0 Å². The highest BCUT2D eigenvalue weighted by molar-refractivity contribution is 6.36. The second-order valence-electron chi connectivity index (χ2n) is 6.98. The molecule has 2 N–H and O–H groups in total. The van der Waals surface area contributed by atoms with Crippen molar-refractivity contribution < 1.29 is 9.53 Å². The number of rotatable bonds is 3. The molecule has 0 unspecified atom stereocenters. The molecule has 5 nitrogen and oxygen atoms in total. The van der Waals surface area contributed by atoms with Crippen LogP contribution in [-0.4, -0.2) is 35.0 Å². The predicted octanol–water partition coefficient (Wildman–Crippen LogP) is 4.38. The summed E-state index contributed by atoms with van der Waals surface area (Å²) < 4.78 is 5.45. The summed E-state index contributed by atoms with van der Waals surface area (Å²) in [6.07, 6.45) is 1.69. The number of nitrogens with zero attached hydrogens (tertiary/aromatic N) is 2. The van der Waals surface area contributed by atoms with Gasteiger partial charge in [0.1, 0.15) is 0 Å². The minimum absolute atomic E-state index is 0. The molecule has 0 spiro atoms. The number of halogens is 3. The molecule has 1 aromatic carbocycles. The van der Waals surface area contributed by atoms with Crippen LogP contribution in [0.4, 0.5) is 0 Å². The second kappa shape index (κ2) is 8.56. The van der Waals surface area contributed by atoms with Crippen molar-refractivity contribution in [2.75, 3.05) is 13.2 Å². The molecule has 2 aromatic rings. The average Bonchev–Trinajstić information content (AvgIpc) is 2.98. The lowest BCUT2D eigenvalue weighted by Gasteiger charge is -2.30. The van der Waals surface area contributed by atoms with Crippen LogP contribution >= 0.6 is 35.6 Å². The number of ether oxygens (including phenoxy) is 1. The summed E-state index contributed by atoms with van der Waals surface area (Å²) in [5, 5.41) is 1.05. The van der Waals surface area contributed by atoms with Gasteiger partial charge in [0.15, 0.2) is 0 Å². The molecule has 28 heavy (non-hydrogen) atoms. The first kappa shape index (κ1) is 21.3. The van der Waals surface area contributed by atoms with E-state index in [2.05, 4.69) is 0 Å². The standard InChI is InChI=1S/C20H21Cl2N3O2.ClH/c1-11-15(9-23)18(14-3-2-12(21)8-16(14)22)19-17(24-11)10-25(20(19)26)13-4-6-27-7-5-13;/h2-3,8,13H,4-7,9-10,23H2,1H3;1H. The zero-order chi connectivity index (χ0) is 19.1. The Balaban J connectivity index is 0.00000225. The van der Waals surface area contributed by atoms with Crippen LogP contribution in [0.2, 0.25) is 10.0 Å². The van der Waals surface area contributed by atoms with Crippen LogP contribution in [-0.2, 0) is 17.8 Å². The van der Waals surface area contributed by atoms with Gasteiger partial charge in [-0.15, -0.1) is 12.4 Å². The Morgan fingerprint density at radius 3 is 2.61 bits per heavy atom. The molecule has 0 aliphatic carbocycles. The molecule has 0 bridgehead atoms. The number of aromatic nitrogens is 1. The average molecular weight is 443 g/mol. The van der Waals surface area contributed by atoms with E-state index in [1.807, 2.05) is 17.9 Å². The molecule has 3 heterocycles. The Morgan fingerprint density at radius 1 is 1.25 bits per heavy atom. The van der Waals surface area contributed by atoms with E-state index in [1.165, 1.54) is 0 Å². The van der Waals surface area contributed by atoms with Crippen molar-refractivity contribution in [2.45, 2.75) is 38.9 Å². The smallest absolute Gasteiger partial charge is 0.257 e. The Kier molecular flexibility index (Phi) is 6.52. The highest BCUT2D eigenvalue weighted by Crippen LogP contribution is 2.40. The van der Waals surface area contributed by atoms with Gasteiger partial charge in [-0.2, -0.15) is 0 Å². The third-order valence-corrected chi connectivity index (χ3v) is 5.96. The third kappa shape index (κ3) is 3.62. The van der Waals surface area contributed by atoms with E-state index in [0.717, 1.165) is 40.9 Å². The number of nitrogens with two attached hydrogens (primary N) is 1. The summed E-state index contributed by atoms with van der Waals surface area (Å²) >= 11 is 12.6. The van der Waals surface area contributed by atoms with Gasteiger partial charge in [0.05, 0.1) is 17.8 Å². The summed E-state index contributed by atoms with van der Waals surface area (Å²) in [5.74, 6) is 0.000108. The molecule has 0 saturated carbocycles. The van der Waals surface area contributed by atoms with Crippen LogP contribution in [0.3, 0.4) is 0 Å². The highest BCUT2D eigenvalue weighted by atomic mass is 35.5. The lowest BCUT2D eigenvalue weighted by Crippen LogP contribution is -2.39. The van der Waals surface area contributed by atoms with Crippen molar-refractivity contribution in [3.05, 3.63) is 50.8 Å². The molecule has 2 aliphatic heterocycles. The zero-order valence-corrected chi connectivity index (χ0v) is 17.8. The predicted molar refractivity (Wildman–Crippen MR) is 113 cm³/mol. The Hall–Kier alpha value is -1.37. The first-order chi connectivity index (χ1) is 13.0. The van der Waals surface area contributed by atoms with Crippen molar-refractivity contribution in [3.8, 4) is 11.1 Å². The van der Waals surface area contributed by atoms with E-state index in [0.29, 0.717) is 35.4 Å². The lowest BCUT2D eigenvalue weighted by atomic mass is 9.93. The molecule has 0 atom stereocenters. The summed E-state index contributed by atoms with van der Waals surface area (Å²) in [6, 6.07) is 5.50. The van der Waals surface area contributed by atoms with Gasteiger partial charge in [-0.25, -0.2) is 0 Å². The van der Waals surface area contributed by atoms with Gasteiger partial charge in [-0.3, -0.25) is 9.78 Å². The summed E-state index contributed by atoms with van der Waals surface area (Å²) in [4.78, 5) is 20.0. The Morgan fingerprint density at radius 2 is 1.96 bits per heavy atom. The van der Waals surface area contributed by atoms with Crippen molar-refractivity contribution >= 4 is 41.5 Å². The molecular formula is C20H22Cl3N3O2. The third-order valence-electron chi connectivity index (χ3n) is 5.41. The molecule has 2 aliphatic rings. The fourth-order valence-electron chi connectivity index (χ4n) is 4.05. The molecule has 150 valence electrons. The summed E-state index contributed by atoms with van der Waals surface area (Å²) in [7, 11) is 0. The number of carbonyl (C=O) groups is 1. The van der Waals surface area contributed by atoms with Crippen molar-refractivity contribution in [1.82, 2.24) is 9.88 Å². The highest BCUT2D eigenvalue weighted by Gasteiger charge is 2.38. The van der Waals surface area contributed by atoms with Gasteiger partial charge in [0.25, 0.3) is 5.91 Å². The van der Waals surface area contributed by atoms with Crippen LogP contribution in [0.1, 0.15) is 40.2 Å². The number of benzene rings is 1. The fourth-order valence-corrected chi connectivity index (χ4v) is 4.56. The van der Waals surface area contributed by atoms with Gasteiger partial charge in [-0.1, -0.05) is 29.3 Å². The molecule has 1 amide bonds. The van der Waals surface area contributed by atoms with E-state index in [-0.39, 0.29) is 30.9 Å².